The van der Waals surface area contributed by atoms with Crippen molar-refractivity contribution in [1.82, 2.24) is 0 Å². The van der Waals surface area contributed by atoms with Crippen molar-refractivity contribution in [1.29, 1.82) is 0 Å². The summed E-state index contributed by atoms with van der Waals surface area (Å²) in [6.45, 7) is 4.11. The highest BCUT2D eigenvalue weighted by atomic mass is 16.6. The fourth-order valence-corrected chi connectivity index (χ4v) is 2.87. The van der Waals surface area contributed by atoms with Gasteiger partial charge in [-0.05, 0) is 43.7 Å². The lowest BCUT2D eigenvalue weighted by atomic mass is 10.0. The molecule has 0 saturated heterocycles. The normalized spacial score (nSPS) is 16.5. The van der Waals surface area contributed by atoms with Gasteiger partial charge in [0.05, 0.1) is 18.3 Å². The number of rotatable bonds is 6. The lowest BCUT2D eigenvalue weighted by Crippen LogP contribution is -2.18. The Kier molecular flexibility index (Phi) is 5.33. The van der Waals surface area contributed by atoms with E-state index in [2.05, 4.69) is 22.2 Å². The number of nitrogens with zero attached hydrogens (tertiary/aromatic N) is 2. The van der Waals surface area contributed by atoms with E-state index in [-0.39, 0.29) is 18.6 Å². The second-order valence-electron chi connectivity index (χ2n) is 5.90. The van der Waals surface area contributed by atoms with E-state index in [0.29, 0.717) is 12.4 Å². The Morgan fingerprint density at radius 2 is 1.88 bits per heavy atom. The van der Waals surface area contributed by atoms with Gasteiger partial charge in [0, 0.05) is 12.1 Å². The van der Waals surface area contributed by atoms with Crippen molar-refractivity contribution >= 4 is 17.4 Å². The first kappa shape index (κ1) is 17.0. The minimum Gasteiger partial charge on any atom is -0.482 e. The molecule has 0 amide bonds. The molecule has 0 spiro atoms. The Morgan fingerprint density at radius 1 is 1.16 bits per heavy atom. The van der Waals surface area contributed by atoms with E-state index in [4.69, 9.17) is 9.47 Å². The van der Waals surface area contributed by atoms with Crippen LogP contribution in [0.4, 0.5) is 5.69 Å². The Hall–Kier alpha value is -2.82. The van der Waals surface area contributed by atoms with Gasteiger partial charge in [-0.2, -0.15) is 5.10 Å². The number of carbonyl (C=O) groups is 1. The number of benzene rings is 2. The predicted molar refractivity (Wildman–Crippen MR) is 98.0 cm³/mol. The van der Waals surface area contributed by atoms with Gasteiger partial charge in [-0.25, -0.2) is 4.79 Å². The second kappa shape index (κ2) is 7.83. The number of carbonyl (C=O) groups excluding carboxylic acids is 1. The highest BCUT2D eigenvalue weighted by Crippen LogP contribution is 2.35. The predicted octanol–water partition coefficient (Wildman–Crippen LogP) is 3.96. The molecule has 25 heavy (non-hydrogen) atoms. The van der Waals surface area contributed by atoms with Gasteiger partial charge in [-0.15, -0.1) is 0 Å². The third-order valence-corrected chi connectivity index (χ3v) is 4.01. The Morgan fingerprint density at radius 3 is 2.56 bits per heavy atom. The van der Waals surface area contributed by atoms with Crippen LogP contribution in [0.5, 0.6) is 5.75 Å². The van der Waals surface area contributed by atoms with Gasteiger partial charge in [0.2, 0.25) is 0 Å². The molecule has 2 aromatic rings. The molecule has 5 heteroatoms. The summed E-state index contributed by atoms with van der Waals surface area (Å²) in [6, 6.07) is 18.1. The van der Waals surface area contributed by atoms with Crippen LogP contribution in [0.1, 0.15) is 31.9 Å². The summed E-state index contributed by atoms with van der Waals surface area (Å²) in [5.74, 6) is 0.292. The molecule has 1 atom stereocenters. The molecule has 1 aliphatic rings. The number of para-hydroxylation sites is 1. The number of hydrogen-bond acceptors (Lipinski definition) is 5. The largest absolute Gasteiger partial charge is 0.482 e. The second-order valence-corrected chi connectivity index (χ2v) is 5.90. The number of hydrogen-bond donors (Lipinski definition) is 0. The maximum absolute atomic E-state index is 11.4. The number of hydrazone groups is 1. The molecule has 0 aromatic heterocycles. The van der Waals surface area contributed by atoms with E-state index >= 15 is 0 Å². The molecular weight excluding hydrogens is 316 g/mol. The summed E-state index contributed by atoms with van der Waals surface area (Å²) >= 11 is 0. The van der Waals surface area contributed by atoms with E-state index in [1.165, 1.54) is 0 Å². The van der Waals surface area contributed by atoms with Crippen molar-refractivity contribution in [3.63, 3.8) is 0 Å². The average Bonchev–Trinajstić information content (AvgIpc) is 3.03. The molecule has 1 heterocycles. The zero-order chi connectivity index (χ0) is 17.6. The smallest absolute Gasteiger partial charge is 0.344 e. The van der Waals surface area contributed by atoms with Gasteiger partial charge in [0.25, 0.3) is 0 Å². The maximum atomic E-state index is 11.4. The van der Waals surface area contributed by atoms with Gasteiger partial charge in [0.1, 0.15) is 5.75 Å². The van der Waals surface area contributed by atoms with Crippen LogP contribution in [0, 0.1) is 0 Å². The molecule has 0 radical (unpaired) electrons. The number of anilines is 1. The average molecular weight is 338 g/mol. The van der Waals surface area contributed by atoms with Crippen LogP contribution >= 0.6 is 0 Å². The van der Waals surface area contributed by atoms with Crippen molar-refractivity contribution in [3.05, 3.63) is 60.2 Å². The molecular formula is C20H22N2O3. The van der Waals surface area contributed by atoms with Crippen LogP contribution in [0.25, 0.3) is 0 Å². The van der Waals surface area contributed by atoms with E-state index in [1.807, 2.05) is 49.4 Å². The fraction of sp³-hybridized carbons (Fsp3) is 0.300. The van der Waals surface area contributed by atoms with Crippen LogP contribution in [0.3, 0.4) is 0 Å². The fourth-order valence-electron chi connectivity index (χ4n) is 2.87. The molecule has 0 saturated carbocycles. The van der Waals surface area contributed by atoms with Crippen molar-refractivity contribution in [2.75, 3.05) is 18.2 Å². The molecule has 0 aliphatic carbocycles. The van der Waals surface area contributed by atoms with Crippen molar-refractivity contribution in [2.45, 2.75) is 26.3 Å². The summed E-state index contributed by atoms with van der Waals surface area (Å²) < 4.78 is 10.3. The molecule has 2 aromatic carbocycles. The molecule has 0 fully saturated rings. The number of ether oxygens (including phenoxy) is 2. The minimum atomic E-state index is -0.360. The standard InChI is InChI=1S/C20H22N2O3/c1-3-24-20(23)14-25-18-11-9-16(10-12-18)19-13-15(2)21-22(19)17-7-5-4-6-8-17/h4-12,19H,3,13-14H2,1-2H3. The van der Waals surface area contributed by atoms with Crippen molar-refractivity contribution in [3.8, 4) is 5.75 Å². The molecule has 5 nitrogen and oxygen atoms in total. The van der Waals surface area contributed by atoms with E-state index in [9.17, 15) is 4.79 Å². The zero-order valence-corrected chi connectivity index (χ0v) is 14.5. The summed E-state index contributed by atoms with van der Waals surface area (Å²) in [6.07, 6.45) is 0.887. The van der Waals surface area contributed by atoms with Gasteiger partial charge in [0.15, 0.2) is 6.61 Å². The lowest BCUT2D eigenvalue weighted by molar-refractivity contribution is -0.145. The topological polar surface area (TPSA) is 51.1 Å². The third-order valence-electron chi connectivity index (χ3n) is 4.01. The highest BCUT2D eigenvalue weighted by molar-refractivity contribution is 5.86. The summed E-state index contributed by atoms with van der Waals surface area (Å²) in [5, 5.41) is 6.74. The molecule has 0 bridgehead atoms. The summed E-state index contributed by atoms with van der Waals surface area (Å²) in [5.41, 5.74) is 3.34. The highest BCUT2D eigenvalue weighted by Gasteiger charge is 2.27. The summed E-state index contributed by atoms with van der Waals surface area (Å²) in [4.78, 5) is 11.4. The SMILES string of the molecule is CCOC(=O)COc1ccc(C2CC(C)=NN2c2ccccc2)cc1. The van der Waals surface area contributed by atoms with Crippen LogP contribution in [0.2, 0.25) is 0 Å². The monoisotopic (exact) mass is 338 g/mol. The Labute approximate surface area is 147 Å². The minimum absolute atomic E-state index is 0.0744. The van der Waals surface area contributed by atoms with Gasteiger partial charge in [-0.3, -0.25) is 5.01 Å². The van der Waals surface area contributed by atoms with E-state index in [1.54, 1.807) is 6.92 Å². The first-order valence-electron chi connectivity index (χ1n) is 8.44. The quantitative estimate of drug-likeness (QED) is 0.748. The Bertz CT molecular complexity index is 741. The molecule has 0 N–H and O–H groups in total. The molecule has 130 valence electrons. The van der Waals surface area contributed by atoms with Crippen LogP contribution < -0.4 is 9.75 Å². The molecule has 1 aliphatic heterocycles. The van der Waals surface area contributed by atoms with Gasteiger partial charge >= 0.3 is 5.97 Å². The van der Waals surface area contributed by atoms with Gasteiger partial charge < -0.3 is 9.47 Å². The van der Waals surface area contributed by atoms with Crippen LogP contribution in [-0.2, 0) is 9.53 Å². The summed E-state index contributed by atoms with van der Waals surface area (Å²) in [7, 11) is 0. The maximum Gasteiger partial charge on any atom is 0.344 e. The Balaban J connectivity index is 1.70. The lowest BCUT2D eigenvalue weighted by Gasteiger charge is -2.24. The molecule has 3 rings (SSSR count). The first-order chi connectivity index (χ1) is 12.2. The van der Waals surface area contributed by atoms with Crippen molar-refractivity contribution < 1.29 is 14.3 Å². The number of esters is 1. The van der Waals surface area contributed by atoms with Crippen molar-refractivity contribution in [2.24, 2.45) is 5.10 Å². The first-order valence-corrected chi connectivity index (χ1v) is 8.44. The van der Waals surface area contributed by atoms with E-state index in [0.717, 1.165) is 23.4 Å². The third kappa shape index (κ3) is 4.18. The van der Waals surface area contributed by atoms with Crippen LogP contribution in [0.15, 0.2) is 59.7 Å². The van der Waals surface area contributed by atoms with E-state index < -0.39 is 0 Å². The van der Waals surface area contributed by atoms with Gasteiger partial charge in [-0.1, -0.05) is 30.3 Å². The zero-order valence-electron chi connectivity index (χ0n) is 14.5. The van der Waals surface area contributed by atoms with Crippen LogP contribution in [-0.4, -0.2) is 24.9 Å². The molecule has 1 unspecified atom stereocenters.